The lowest BCUT2D eigenvalue weighted by molar-refractivity contribution is 0.708. The summed E-state index contributed by atoms with van der Waals surface area (Å²) >= 11 is 11.0. The summed E-state index contributed by atoms with van der Waals surface area (Å²) in [6.45, 7) is 0. The molecule has 0 unspecified atom stereocenters. The number of hydrogen-bond donors (Lipinski definition) is 0. The Morgan fingerprint density at radius 2 is 2.09 bits per heavy atom. The molecule has 0 aromatic carbocycles. The van der Waals surface area contributed by atoms with Gasteiger partial charge in [-0.3, -0.25) is 4.79 Å². The van der Waals surface area contributed by atoms with Crippen molar-refractivity contribution in [2.75, 3.05) is 0 Å². The molecule has 0 atom stereocenters. The second-order valence-corrected chi connectivity index (χ2v) is 2.52. The molecule has 0 saturated heterocycles. The van der Waals surface area contributed by atoms with Gasteiger partial charge in [0.15, 0.2) is 0 Å². The van der Waals surface area contributed by atoms with Crippen molar-refractivity contribution in [2.45, 2.75) is 0 Å². The molecular weight excluding hydrogens is 210 g/mol. The first-order chi connectivity index (χ1) is 4.63. The fourth-order valence-electron chi connectivity index (χ4n) is 0.491. The molecule has 0 bridgehead atoms. The summed E-state index contributed by atoms with van der Waals surface area (Å²) < 4.78 is 1.12. The molecule has 3 nitrogen and oxygen atoms in total. The van der Waals surface area contributed by atoms with E-state index in [0.717, 1.165) is 4.68 Å². The monoisotopic (exact) mass is 214 g/mol. The molecule has 0 aliphatic rings. The summed E-state index contributed by atoms with van der Waals surface area (Å²) in [5, 5.41) is 3.82. The van der Waals surface area contributed by atoms with Crippen LogP contribution in [0.5, 0.6) is 0 Å². The van der Waals surface area contributed by atoms with Crippen molar-refractivity contribution in [3.05, 3.63) is 26.6 Å². The zero-order valence-electron chi connectivity index (χ0n) is 5.54. The van der Waals surface area contributed by atoms with Gasteiger partial charge in [-0.1, -0.05) is 23.2 Å². The highest BCUT2D eigenvalue weighted by Gasteiger charge is 2.02. The summed E-state index contributed by atoms with van der Waals surface area (Å²) in [5.41, 5.74) is -0.380. The zero-order chi connectivity index (χ0) is 7.72. The van der Waals surface area contributed by atoms with E-state index in [1.54, 1.807) is 0 Å². The second-order valence-electron chi connectivity index (χ2n) is 1.74. The van der Waals surface area contributed by atoms with Crippen molar-refractivity contribution < 1.29 is 0 Å². The van der Waals surface area contributed by atoms with Crippen LogP contribution in [-0.2, 0) is 7.05 Å². The largest absolute Gasteiger partial charge is 0.286 e. The van der Waals surface area contributed by atoms with E-state index in [4.69, 9.17) is 23.2 Å². The van der Waals surface area contributed by atoms with E-state index in [1.807, 2.05) is 0 Å². The van der Waals surface area contributed by atoms with E-state index in [0.29, 0.717) is 0 Å². The second kappa shape index (κ2) is 3.95. The maximum atomic E-state index is 10.9. The maximum absolute atomic E-state index is 10.9. The fourth-order valence-corrected chi connectivity index (χ4v) is 0.786. The van der Waals surface area contributed by atoms with Crippen molar-refractivity contribution in [1.82, 2.24) is 9.78 Å². The Morgan fingerprint density at radius 3 is 2.55 bits per heavy atom. The topological polar surface area (TPSA) is 34.9 Å². The molecule has 0 N–H and O–H groups in total. The molecule has 0 fully saturated rings. The first-order valence-corrected chi connectivity index (χ1v) is 3.26. The Bertz CT molecular complexity index is 309. The first kappa shape index (κ1) is 10.8. The van der Waals surface area contributed by atoms with Gasteiger partial charge in [-0.15, -0.1) is 12.4 Å². The summed E-state index contributed by atoms with van der Waals surface area (Å²) in [4.78, 5) is 10.9. The normalized spacial score (nSPS) is 9.00. The highest BCUT2D eigenvalue weighted by molar-refractivity contribution is 6.41. The van der Waals surface area contributed by atoms with Gasteiger partial charge in [-0.05, 0) is 0 Å². The first-order valence-electron chi connectivity index (χ1n) is 2.50. The van der Waals surface area contributed by atoms with E-state index < -0.39 is 0 Å². The molecule has 11 heavy (non-hydrogen) atoms. The minimum Gasteiger partial charge on any atom is -0.266 e. The fraction of sp³-hybridized carbons (Fsp3) is 0.200. The van der Waals surface area contributed by atoms with Crippen LogP contribution < -0.4 is 5.56 Å². The molecule has 1 heterocycles. The standard InChI is InChI=1S/C5H4Cl2N2O.ClH/c1-9-5(10)4(7)3(6)2-8-9;/h2H,1H3;1H. The average molecular weight is 215 g/mol. The molecule has 1 aromatic heterocycles. The Kier molecular flexibility index (Phi) is 3.86. The van der Waals surface area contributed by atoms with Crippen LogP contribution in [0.4, 0.5) is 0 Å². The van der Waals surface area contributed by atoms with E-state index in [1.165, 1.54) is 13.2 Å². The molecule has 0 aliphatic carbocycles. The van der Waals surface area contributed by atoms with Crippen LogP contribution in [0.2, 0.25) is 10.0 Å². The lowest BCUT2D eigenvalue weighted by atomic mass is 10.6. The van der Waals surface area contributed by atoms with Crippen molar-refractivity contribution in [3.63, 3.8) is 0 Å². The molecule has 0 spiro atoms. The third-order valence-corrected chi connectivity index (χ3v) is 1.78. The smallest absolute Gasteiger partial charge is 0.266 e. The quantitative estimate of drug-likeness (QED) is 0.657. The third-order valence-electron chi connectivity index (χ3n) is 1.04. The Balaban J connectivity index is 0.000001000. The minimum atomic E-state index is -0.380. The van der Waals surface area contributed by atoms with E-state index in [2.05, 4.69) is 5.10 Å². The number of rotatable bonds is 0. The Morgan fingerprint density at radius 1 is 1.55 bits per heavy atom. The SMILES string of the molecule is Cl.Cn1ncc(Cl)c(Cl)c1=O. The highest BCUT2D eigenvalue weighted by atomic mass is 35.5. The molecule has 6 heteroatoms. The molecule has 1 rings (SSSR count). The van der Waals surface area contributed by atoms with Crippen molar-refractivity contribution in [3.8, 4) is 0 Å². The van der Waals surface area contributed by atoms with Gasteiger partial charge in [0.05, 0.1) is 11.2 Å². The lowest BCUT2D eigenvalue weighted by Gasteiger charge is -1.95. The van der Waals surface area contributed by atoms with Crippen LogP contribution >= 0.6 is 35.6 Å². The lowest BCUT2D eigenvalue weighted by Crippen LogP contribution is -2.19. The summed E-state index contributed by atoms with van der Waals surface area (Å²) in [6, 6.07) is 0. The van der Waals surface area contributed by atoms with Crippen LogP contribution in [0.1, 0.15) is 0 Å². The predicted molar refractivity (Wildman–Crippen MR) is 46.7 cm³/mol. The van der Waals surface area contributed by atoms with Crippen LogP contribution in [0.25, 0.3) is 0 Å². The minimum absolute atomic E-state index is 0. The van der Waals surface area contributed by atoms with E-state index >= 15 is 0 Å². The molecule has 0 saturated carbocycles. The average Bonchev–Trinajstić information content (AvgIpc) is 1.93. The van der Waals surface area contributed by atoms with Crippen LogP contribution in [-0.4, -0.2) is 9.78 Å². The van der Waals surface area contributed by atoms with Gasteiger partial charge in [-0.2, -0.15) is 5.10 Å². The van der Waals surface area contributed by atoms with Gasteiger partial charge in [0, 0.05) is 7.05 Å². The Labute approximate surface area is 79.3 Å². The summed E-state index contributed by atoms with van der Waals surface area (Å²) in [6.07, 6.45) is 1.32. The molecule has 0 amide bonds. The van der Waals surface area contributed by atoms with Crippen LogP contribution in [0.15, 0.2) is 11.0 Å². The number of nitrogens with zero attached hydrogens (tertiary/aromatic N) is 2. The van der Waals surface area contributed by atoms with Gasteiger partial charge in [0.2, 0.25) is 0 Å². The predicted octanol–water partition coefficient (Wildman–Crippen LogP) is 1.51. The number of aromatic nitrogens is 2. The van der Waals surface area contributed by atoms with E-state index in [9.17, 15) is 4.79 Å². The van der Waals surface area contributed by atoms with Gasteiger partial charge >= 0.3 is 0 Å². The molecular formula is C5H5Cl3N2O. The number of halogens is 3. The van der Waals surface area contributed by atoms with Gasteiger partial charge in [0.1, 0.15) is 5.02 Å². The van der Waals surface area contributed by atoms with Crippen molar-refractivity contribution in [2.24, 2.45) is 7.05 Å². The molecule has 0 aliphatic heterocycles. The van der Waals surface area contributed by atoms with Crippen molar-refractivity contribution >= 4 is 35.6 Å². The molecule has 62 valence electrons. The number of hydrogen-bond acceptors (Lipinski definition) is 2. The molecule has 1 aromatic rings. The summed E-state index contributed by atoms with van der Waals surface area (Å²) in [5.74, 6) is 0. The highest BCUT2D eigenvalue weighted by Crippen LogP contribution is 2.13. The third kappa shape index (κ3) is 2.09. The van der Waals surface area contributed by atoms with Gasteiger partial charge < -0.3 is 0 Å². The molecule has 0 radical (unpaired) electrons. The van der Waals surface area contributed by atoms with Gasteiger partial charge in [0.25, 0.3) is 5.56 Å². The maximum Gasteiger partial charge on any atom is 0.286 e. The van der Waals surface area contributed by atoms with Crippen molar-refractivity contribution in [1.29, 1.82) is 0 Å². The zero-order valence-corrected chi connectivity index (χ0v) is 7.87. The van der Waals surface area contributed by atoms with Crippen LogP contribution in [0.3, 0.4) is 0 Å². The van der Waals surface area contributed by atoms with E-state index in [-0.39, 0.29) is 28.0 Å². The Hall–Kier alpha value is -0.250. The van der Waals surface area contributed by atoms with Gasteiger partial charge in [-0.25, -0.2) is 4.68 Å². The summed E-state index contributed by atoms with van der Waals surface area (Å²) in [7, 11) is 1.50. The number of aryl methyl sites for hydroxylation is 1. The van der Waals surface area contributed by atoms with Crippen LogP contribution in [0, 0.1) is 0 Å².